The van der Waals surface area contributed by atoms with Crippen LogP contribution in [0.25, 0.3) is 5.70 Å². The van der Waals surface area contributed by atoms with Crippen LogP contribution in [0.5, 0.6) is 0 Å². The quantitative estimate of drug-likeness (QED) is 0.844. The van der Waals surface area contributed by atoms with Gasteiger partial charge in [0, 0.05) is 21.1 Å². The Morgan fingerprint density at radius 2 is 1.74 bits per heavy atom. The van der Waals surface area contributed by atoms with E-state index in [2.05, 4.69) is 5.32 Å². The normalized spacial score (nSPS) is 12.3. The summed E-state index contributed by atoms with van der Waals surface area (Å²) >= 11 is 0. The van der Waals surface area contributed by atoms with E-state index in [1.54, 1.807) is 0 Å². The van der Waals surface area contributed by atoms with E-state index in [1.807, 2.05) is 31.2 Å². The number of hydrogen-bond donors (Lipinski definition) is 1. The van der Waals surface area contributed by atoms with Crippen molar-refractivity contribution in [3.63, 3.8) is 0 Å². The molecule has 1 N–H and O–H groups in total. The smallest absolute Gasteiger partial charge is 0.325 e. The Morgan fingerprint density at radius 1 is 1.21 bits per heavy atom. The summed E-state index contributed by atoms with van der Waals surface area (Å²) < 4.78 is 21.8. The van der Waals surface area contributed by atoms with Gasteiger partial charge in [0.2, 0.25) is 5.91 Å². The van der Waals surface area contributed by atoms with Gasteiger partial charge in [-0.05, 0) is 12.5 Å². The molecule has 1 amide bonds. The largest absolute Gasteiger partial charge is 0.355 e. The van der Waals surface area contributed by atoms with Gasteiger partial charge in [-0.15, -0.1) is 0 Å². The van der Waals surface area contributed by atoms with Crippen LogP contribution in [-0.2, 0) is 18.4 Å². The molecule has 1 aromatic rings. The standard InChI is InChI=1S/C13H18NO4P/c1-10-5-7-12(8-6-10)13(14-11(2)15)9-19(16,17-3)18-4/h5-9H,1-4H3,(H,14,15)/b13-9-. The third kappa shape index (κ3) is 4.63. The lowest BCUT2D eigenvalue weighted by atomic mass is 10.1. The molecule has 104 valence electrons. The summed E-state index contributed by atoms with van der Waals surface area (Å²) in [6.07, 6.45) is 0. The van der Waals surface area contributed by atoms with Crippen LogP contribution < -0.4 is 5.32 Å². The maximum Gasteiger partial charge on any atom is 0.355 e. The van der Waals surface area contributed by atoms with Gasteiger partial charge in [0.25, 0.3) is 0 Å². The number of nitrogens with one attached hydrogen (secondary N) is 1. The molecule has 1 rings (SSSR count). The van der Waals surface area contributed by atoms with Gasteiger partial charge in [0.15, 0.2) is 0 Å². The van der Waals surface area contributed by atoms with Crippen LogP contribution in [-0.4, -0.2) is 20.1 Å². The van der Waals surface area contributed by atoms with E-state index in [0.29, 0.717) is 5.70 Å². The van der Waals surface area contributed by atoms with Crippen LogP contribution in [0.1, 0.15) is 18.1 Å². The molecule has 5 nitrogen and oxygen atoms in total. The lowest BCUT2D eigenvalue weighted by Gasteiger charge is -2.13. The molecular formula is C13H18NO4P. The summed E-state index contributed by atoms with van der Waals surface area (Å²) in [6.45, 7) is 3.34. The highest BCUT2D eigenvalue weighted by Gasteiger charge is 2.20. The number of amides is 1. The Hall–Kier alpha value is -1.42. The minimum atomic E-state index is -3.35. The summed E-state index contributed by atoms with van der Waals surface area (Å²) in [5.74, 6) is 1.05. The number of carbonyl (C=O) groups excluding carboxylic acids is 1. The van der Waals surface area contributed by atoms with Gasteiger partial charge in [-0.2, -0.15) is 0 Å². The zero-order valence-electron chi connectivity index (χ0n) is 11.5. The van der Waals surface area contributed by atoms with Crippen molar-refractivity contribution < 1.29 is 18.4 Å². The lowest BCUT2D eigenvalue weighted by Crippen LogP contribution is -2.18. The van der Waals surface area contributed by atoms with Gasteiger partial charge in [-0.1, -0.05) is 29.8 Å². The molecule has 0 aliphatic rings. The maximum absolute atomic E-state index is 12.1. The molecule has 0 aliphatic carbocycles. The predicted octanol–water partition coefficient (Wildman–Crippen LogP) is 2.92. The highest BCUT2D eigenvalue weighted by Crippen LogP contribution is 2.49. The lowest BCUT2D eigenvalue weighted by molar-refractivity contribution is -0.117. The van der Waals surface area contributed by atoms with Crippen LogP contribution in [0, 0.1) is 6.92 Å². The van der Waals surface area contributed by atoms with Crippen LogP contribution in [0.2, 0.25) is 0 Å². The highest BCUT2D eigenvalue weighted by molar-refractivity contribution is 7.57. The van der Waals surface area contributed by atoms with Gasteiger partial charge < -0.3 is 14.4 Å². The highest BCUT2D eigenvalue weighted by atomic mass is 31.2. The third-order valence-corrected chi connectivity index (χ3v) is 4.06. The molecule has 0 saturated carbocycles. The van der Waals surface area contributed by atoms with Crippen molar-refractivity contribution >= 4 is 19.2 Å². The van der Waals surface area contributed by atoms with Crippen molar-refractivity contribution in [2.75, 3.05) is 14.2 Å². The molecule has 0 radical (unpaired) electrons. The van der Waals surface area contributed by atoms with Crippen molar-refractivity contribution in [1.29, 1.82) is 0 Å². The fourth-order valence-electron chi connectivity index (χ4n) is 1.44. The molecule has 1 aromatic carbocycles. The molecule has 0 aliphatic heterocycles. The summed E-state index contributed by atoms with van der Waals surface area (Å²) in [5, 5.41) is 2.63. The first-order chi connectivity index (χ1) is 8.90. The molecule has 0 fully saturated rings. The number of carbonyl (C=O) groups is 1. The molecule has 0 spiro atoms. The predicted molar refractivity (Wildman–Crippen MR) is 74.6 cm³/mol. The van der Waals surface area contributed by atoms with E-state index in [-0.39, 0.29) is 5.91 Å². The average molecular weight is 283 g/mol. The maximum atomic E-state index is 12.1. The summed E-state index contributed by atoms with van der Waals surface area (Å²) in [4.78, 5) is 11.2. The monoisotopic (exact) mass is 283 g/mol. The van der Waals surface area contributed by atoms with E-state index in [0.717, 1.165) is 11.1 Å². The average Bonchev–Trinajstić information content (AvgIpc) is 2.38. The number of aryl methyl sites for hydroxylation is 1. The second-order valence-corrected chi connectivity index (χ2v) is 6.06. The molecule has 0 unspecified atom stereocenters. The molecule has 0 heterocycles. The number of rotatable bonds is 5. The van der Waals surface area contributed by atoms with Crippen LogP contribution >= 0.6 is 7.60 Å². The SMILES string of the molecule is COP(=O)(/C=C(\NC(C)=O)c1ccc(C)cc1)OC. The Labute approximate surface area is 113 Å². The van der Waals surface area contributed by atoms with E-state index >= 15 is 0 Å². The molecule has 0 aromatic heterocycles. The zero-order valence-corrected chi connectivity index (χ0v) is 12.4. The molecule has 6 heteroatoms. The first-order valence-corrected chi connectivity index (χ1v) is 7.30. The first-order valence-electron chi connectivity index (χ1n) is 5.69. The van der Waals surface area contributed by atoms with Crippen molar-refractivity contribution in [3.05, 3.63) is 41.2 Å². The Morgan fingerprint density at radius 3 is 2.16 bits per heavy atom. The second-order valence-electron chi connectivity index (χ2n) is 3.99. The van der Waals surface area contributed by atoms with Gasteiger partial charge in [-0.25, -0.2) is 0 Å². The Kier molecular flexibility index (Phi) is 5.48. The molecule has 19 heavy (non-hydrogen) atoms. The van der Waals surface area contributed by atoms with E-state index in [4.69, 9.17) is 9.05 Å². The summed E-state index contributed by atoms with van der Waals surface area (Å²) in [5.41, 5.74) is 2.22. The van der Waals surface area contributed by atoms with Crippen LogP contribution in [0.15, 0.2) is 30.1 Å². The number of benzene rings is 1. The third-order valence-electron chi connectivity index (χ3n) is 2.47. The minimum absolute atomic E-state index is 0.259. The molecule has 0 saturated heterocycles. The van der Waals surface area contributed by atoms with E-state index < -0.39 is 7.60 Å². The number of hydrogen-bond acceptors (Lipinski definition) is 4. The van der Waals surface area contributed by atoms with E-state index in [1.165, 1.54) is 27.0 Å². The molecule has 0 atom stereocenters. The minimum Gasteiger partial charge on any atom is -0.325 e. The fourth-order valence-corrected chi connectivity index (χ4v) is 2.33. The van der Waals surface area contributed by atoms with Crippen LogP contribution in [0.4, 0.5) is 0 Å². The first kappa shape index (κ1) is 15.6. The van der Waals surface area contributed by atoms with E-state index in [9.17, 15) is 9.36 Å². The topological polar surface area (TPSA) is 64.6 Å². The van der Waals surface area contributed by atoms with Crippen molar-refractivity contribution in [3.8, 4) is 0 Å². The van der Waals surface area contributed by atoms with Gasteiger partial charge >= 0.3 is 7.60 Å². The Balaban J connectivity index is 3.21. The summed E-state index contributed by atoms with van der Waals surface area (Å²) in [6, 6.07) is 7.45. The van der Waals surface area contributed by atoms with Gasteiger partial charge in [0.1, 0.15) is 0 Å². The molecule has 0 bridgehead atoms. The van der Waals surface area contributed by atoms with Crippen LogP contribution in [0.3, 0.4) is 0 Å². The van der Waals surface area contributed by atoms with Crippen molar-refractivity contribution in [2.45, 2.75) is 13.8 Å². The van der Waals surface area contributed by atoms with Gasteiger partial charge in [-0.3, -0.25) is 9.36 Å². The van der Waals surface area contributed by atoms with Crippen molar-refractivity contribution in [2.24, 2.45) is 0 Å². The second kappa shape index (κ2) is 6.66. The summed E-state index contributed by atoms with van der Waals surface area (Å²) in [7, 11) is -0.762. The Bertz CT molecular complexity index is 514. The van der Waals surface area contributed by atoms with Gasteiger partial charge in [0.05, 0.1) is 11.5 Å². The zero-order chi connectivity index (χ0) is 14.5. The molecular weight excluding hydrogens is 265 g/mol. The fraction of sp³-hybridized carbons (Fsp3) is 0.308. The van der Waals surface area contributed by atoms with Crippen molar-refractivity contribution in [1.82, 2.24) is 5.32 Å².